The van der Waals surface area contributed by atoms with Gasteiger partial charge in [0.25, 0.3) is 0 Å². The number of alkyl halides is 1. The van der Waals surface area contributed by atoms with Crippen LogP contribution in [-0.4, -0.2) is 16.6 Å². The van der Waals surface area contributed by atoms with Crippen LogP contribution >= 0.6 is 22.6 Å². The molecular weight excluding hydrogens is 263 g/mol. The Labute approximate surface area is 89.4 Å². The van der Waals surface area contributed by atoms with Gasteiger partial charge < -0.3 is 4.74 Å². The van der Waals surface area contributed by atoms with Crippen molar-refractivity contribution in [2.45, 2.75) is 57.7 Å². The molecule has 1 fully saturated rings. The quantitative estimate of drug-likeness (QED) is 0.568. The lowest BCUT2D eigenvalue weighted by atomic mass is 10.1. The Morgan fingerprint density at radius 2 is 1.92 bits per heavy atom. The van der Waals surface area contributed by atoms with Gasteiger partial charge in [0, 0.05) is 4.43 Å². The Hall–Kier alpha value is 0.690. The zero-order valence-corrected chi connectivity index (χ0v) is 10.0. The molecule has 2 unspecified atom stereocenters. The van der Waals surface area contributed by atoms with Gasteiger partial charge in [0.1, 0.15) is 0 Å². The average Bonchev–Trinajstić information content (AvgIpc) is 2.30. The van der Waals surface area contributed by atoms with Crippen molar-refractivity contribution in [3.8, 4) is 0 Å². The minimum Gasteiger partial charge on any atom is -0.374 e. The Kier molecular flexibility index (Phi) is 5.56. The highest BCUT2D eigenvalue weighted by atomic mass is 127. The smallest absolute Gasteiger partial charge is 0.0668 e. The van der Waals surface area contributed by atoms with Crippen LogP contribution in [0.15, 0.2) is 0 Å². The van der Waals surface area contributed by atoms with Crippen LogP contribution in [0.25, 0.3) is 0 Å². The summed E-state index contributed by atoms with van der Waals surface area (Å²) in [5.74, 6) is 0. The molecule has 0 aromatic carbocycles. The molecule has 72 valence electrons. The molecule has 1 heterocycles. The van der Waals surface area contributed by atoms with Crippen LogP contribution in [0.1, 0.15) is 45.4 Å². The zero-order valence-electron chi connectivity index (χ0n) is 7.89. The maximum absolute atomic E-state index is 5.99. The van der Waals surface area contributed by atoms with Crippen molar-refractivity contribution >= 4 is 22.6 Å². The Morgan fingerprint density at radius 1 is 1.25 bits per heavy atom. The van der Waals surface area contributed by atoms with E-state index >= 15 is 0 Å². The molecule has 1 rings (SSSR count). The number of ether oxygens (including phenoxy) is 1. The molecule has 1 nitrogen and oxygen atoms in total. The van der Waals surface area contributed by atoms with Crippen molar-refractivity contribution < 1.29 is 4.74 Å². The molecule has 1 aliphatic rings. The monoisotopic (exact) mass is 282 g/mol. The van der Waals surface area contributed by atoms with Crippen LogP contribution in [-0.2, 0) is 4.74 Å². The van der Waals surface area contributed by atoms with Crippen LogP contribution in [0.4, 0.5) is 0 Å². The molecule has 2 heteroatoms. The van der Waals surface area contributed by atoms with Gasteiger partial charge in [-0.3, -0.25) is 0 Å². The number of hydrogen-bond donors (Lipinski definition) is 0. The Bertz CT molecular complexity index is 116. The predicted octanol–water partition coefficient (Wildman–Crippen LogP) is 3.55. The molecule has 1 aliphatic heterocycles. The summed E-state index contributed by atoms with van der Waals surface area (Å²) in [5, 5.41) is 0. The maximum Gasteiger partial charge on any atom is 0.0668 e. The Balaban J connectivity index is 2.31. The summed E-state index contributed by atoms with van der Waals surface area (Å²) in [5.41, 5.74) is 0. The standard InChI is InChI=1S/C10H19IO/c1-2-5-9-6-3-4-7-10(8-11)12-9/h9-10H,2-8H2,1H3. The highest BCUT2D eigenvalue weighted by Gasteiger charge is 2.18. The number of rotatable bonds is 3. The van der Waals surface area contributed by atoms with Crippen LogP contribution in [0.2, 0.25) is 0 Å². The maximum atomic E-state index is 5.99. The van der Waals surface area contributed by atoms with Gasteiger partial charge in [-0.05, 0) is 19.3 Å². The second-order valence-corrected chi connectivity index (χ2v) is 4.49. The van der Waals surface area contributed by atoms with Crippen LogP contribution in [0, 0.1) is 0 Å². The van der Waals surface area contributed by atoms with Gasteiger partial charge in [-0.2, -0.15) is 0 Å². The first-order chi connectivity index (χ1) is 5.86. The summed E-state index contributed by atoms with van der Waals surface area (Å²) in [7, 11) is 0. The number of halogens is 1. The molecule has 0 aliphatic carbocycles. The summed E-state index contributed by atoms with van der Waals surface area (Å²) in [6.45, 7) is 2.24. The first-order valence-electron chi connectivity index (χ1n) is 5.08. The third-order valence-corrected chi connectivity index (χ3v) is 3.45. The molecule has 0 amide bonds. The predicted molar refractivity (Wildman–Crippen MR) is 60.9 cm³/mol. The average molecular weight is 282 g/mol. The van der Waals surface area contributed by atoms with Gasteiger partial charge in [-0.15, -0.1) is 0 Å². The van der Waals surface area contributed by atoms with Crippen LogP contribution < -0.4 is 0 Å². The summed E-state index contributed by atoms with van der Waals surface area (Å²) >= 11 is 2.44. The molecule has 1 saturated heterocycles. The first kappa shape index (κ1) is 10.8. The fraction of sp³-hybridized carbons (Fsp3) is 1.00. The molecule has 0 saturated carbocycles. The van der Waals surface area contributed by atoms with Gasteiger partial charge >= 0.3 is 0 Å². The minimum absolute atomic E-state index is 0.546. The van der Waals surface area contributed by atoms with Gasteiger partial charge in [0.2, 0.25) is 0 Å². The molecule has 2 atom stereocenters. The van der Waals surface area contributed by atoms with E-state index < -0.39 is 0 Å². The molecule has 0 spiro atoms. The van der Waals surface area contributed by atoms with E-state index in [2.05, 4.69) is 29.5 Å². The minimum atomic E-state index is 0.546. The summed E-state index contributed by atoms with van der Waals surface area (Å²) in [6, 6.07) is 0. The van der Waals surface area contributed by atoms with Crippen LogP contribution in [0.5, 0.6) is 0 Å². The number of hydrogen-bond acceptors (Lipinski definition) is 1. The summed E-state index contributed by atoms with van der Waals surface area (Å²) in [4.78, 5) is 0. The van der Waals surface area contributed by atoms with E-state index in [1.54, 1.807) is 0 Å². The topological polar surface area (TPSA) is 9.23 Å². The summed E-state index contributed by atoms with van der Waals surface area (Å²) < 4.78 is 7.16. The highest BCUT2D eigenvalue weighted by molar-refractivity contribution is 14.1. The normalized spacial score (nSPS) is 31.5. The molecule has 0 bridgehead atoms. The van der Waals surface area contributed by atoms with Gasteiger partial charge in [-0.25, -0.2) is 0 Å². The lowest BCUT2D eigenvalue weighted by molar-refractivity contribution is 0.00155. The van der Waals surface area contributed by atoms with E-state index in [0.29, 0.717) is 12.2 Å². The fourth-order valence-corrected chi connectivity index (χ4v) is 2.45. The van der Waals surface area contributed by atoms with Crippen molar-refractivity contribution in [3.63, 3.8) is 0 Å². The first-order valence-corrected chi connectivity index (χ1v) is 6.60. The lowest BCUT2D eigenvalue weighted by Crippen LogP contribution is -2.20. The third kappa shape index (κ3) is 3.60. The van der Waals surface area contributed by atoms with E-state index in [0.717, 1.165) is 4.43 Å². The van der Waals surface area contributed by atoms with Gasteiger partial charge in [0.15, 0.2) is 0 Å². The van der Waals surface area contributed by atoms with Crippen LogP contribution in [0.3, 0.4) is 0 Å². The van der Waals surface area contributed by atoms with Gasteiger partial charge in [-0.1, -0.05) is 48.8 Å². The molecule has 12 heavy (non-hydrogen) atoms. The second-order valence-electron chi connectivity index (χ2n) is 3.61. The van der Waals surface area contributed by atoms with Crippen molar-refractivity contribution in [1.29, 1.82) is 0 Å². The van der Waals surface area contributed by atoms with E-state index in [9.17, 15) is 0 Å². The molecule has 0 N–H and O–H groups in total. The third-order valence-electron chi connectivity index (χ3n) is 2.47. The van der Waals surface area contributed by atoms with E-state index in [1.807, 2.05) is 0 Å². The van der Waals surface area contributed by atoms with Crippen molar-refractivity contribution in [2.24, 2.45) is 0 Å². The fourth-order valence-electron chi connectivity index (χ4n) is 1.80. The SMILES string of the molecule is CCCC1CCCCC(CI)O1. The Morgan fingerprint density at radius 3 is 2.50 bits per heavy atom. The van der Waals surface area contributed by atoms with E-state index in [-0.39, 0.29) is 0 Å². The summed E-state index contributed by atoms with van der Waals surface area (Å²) in [6.07, 6.45) is 8.95. The highest BCUT2D eigenvalue weighted by Crippen LogP contribution is 2.22. The molecular formula is C10H19IO. The molecule has 0 radical (unpaired) electrons. The van der Waals surface area contributed by atoms with Crippen molar-refractivity contribution in [1.82, 2.24) is 0 Å². The largest absolute Gasteiger partial charge is 0.374 e. The van der Waals surface area contributed by atoms with E-state index in [1.165, 1.54) is 38.5 Å². The molecule has 0 aromatic rings. The van der Waals surface area contributed by atoms with Crippen molar-refractivity contribution in [2.75, 3.05) is 4.43 Å². The van der Waals surface area contributed by atoms with Gasteiger partial charge in [0.05, 0.1) is 12.2 Å². The van der Waals surface area contributed by atoms with E-state index in [4.69, 9.17) is 4.74 Å². The second kappa shape index (κ2) is 6.19. The lowest BCUT2D eigenvalue weighted by Gasteiger charge is -2.19. The zero-order chi connectivity index (χ0) is 8.81. The van der Waals surface area contributed by atoms with Crippen molar-refractivity contribution in [3.05, 3.63) is 0 Å². The molecule has 0 aromatic heterocycles.